The molecule has 146 valence electrons. The molecule has 0 aliphatic rings. The third kappa shape index (κ3) is 6.78. The van der Waals surface area contributed by atoms with Crippen molar-refractivity contribution in [3.63, 3.8) is 0 Å². The number of hydrogen-bond acceptors (Lipinski definition) is 5. The van der Waals surface area contributed by atoms with Crippen molar-refractivity contribution in [2.75, 3.05) is 6.54 Å². The molecule has 0 unspecified atom stereocenters. The van der Waals surface area contributed by atoms with Crippen molar-refractivity contribution in [2.24, 2.45) is 0 Å². The molecule has 2 aromatic rings. The van der Waals surface area contributed by atoms with E-state index in [0.717, 1.165) is 0 Å². The Bertz CT molecular complexity index is 892. The van der Waals surface area contributed by atoms with Crippen LogP contribution in [0.25, 0.3) is 0 Å². The predicted molar refractivity (Wildman–Crippen MR) is 94.1 cm³/mol. The first-order valence-corrected chi connectivity index (χ1v) is 9.57. The zero-order valence-corrected chi connectivity index (χ0v) is 15.5. The smallest absolute Gasteiger partial charge is 0.387 e. The molecule has 6 nitrogen and oxygen atoms in total. The van der Waals surface area contributed by atoms with Gasteiger partial charge in [0.25, 0.3) is 0 Å². The van der Waals surface area contributed by atoms with Gasteiger partial charge in [0.05, 0.1) is 11.3 Å². The van der Waals surface area contributed by atoms with Gasteiger partial charge in [0, 0.05) is 17.1 Å². The molecule has 2 aromatic carbocycles. The lowest BCUT2D eigenvalue weighted by atomic mass is 10.2. The lowest BCUT2D eigenvalue weighted by Crippen LogP contribution is -2.26. The molecular weight excluding hydrogens is 404 g/mol. The van der Waals surface area contributed by atoms with Crippen LogP contribution >= 0.6 is 11.6 Å². The number of esters is 1. The summed E-state index contributed by atoms with van der Waals surface area (Å²) in [6.07, 6.45) is -0.238. The van der Waals surface area contributed by atoms with Crippen LogP contribution in [-0.2, 0) is 26.2 Å². The highest BCUT2D eigenvalue weighted by Crippen LogP contribution is 2.21. The van der Waals surface area contributed by atoms with E-state index in [0.29, 0.717) is 0 Å². The summed E-state index contributed by atoms with van der Waals surface area (Å²) in [5.74, 6) is -0.794. The number of carbonyl (C=O) groups is 1. The van der Waals surface area contributed by atoms with Crippen LogP contribution in [0.1, 0.15) is 12.0 Å². The fourth-order valence-electron chi connectivity index (χ4n) is 2.07. The molecule has 0 atom stereocenters. The fraction of sp³-hybridized carbons (Fsp3) is 0.235. The molecule has 10 heteroatoms. The second-order valence-corrected chi connectivity index (χ2v) is 7.46. The minimum absolute atomic E-state index is 0.0264. The minimum Gasteiger partial charge on any atom is -0.461 e. The standard InChI is InChI=1S/C17H16ClF2NO5S/c18-13-5-3-6-14(10-13)27(23,24)21-9-8-16(22)25-11-12-4-1-2-7-15(12)26-17(19)20/h1-7,10,17,21H,8-9,11H2. The number of para-hydroxylation sites is 1. The molecule has 0 aliphatic carbocycles. The van der Waals surface area contributed by atoms with Crippen LogP contribution in [0.3, 0.4) is 0 Å². The third-order valence-electron chi connectivity index (χ3n) is 3.30. The van der Waals surface area contributed by atoms with E-state index in [2.05, 4.69) is 9.46 Å². The Balaban J connectivity index is 1.83. The van der Waals surface area contributed by atoms with Crippen molar-refractivity contribution in [1.82, 2.24) is 4.72 Å². The zero-order valence-electron chi connectivity index (χ0n) is 13.9. The molecule has 0 aromatic heterocycles. The minimum atomic E-state index is -3.81. The van der Waals surface area contributed by atoms with E-state index in [9.17, 15) is 22.0 Å². The van der Waals surface area contributed by atoms with Crippen molar-refractivity contribution < 1.29 is 31.5 Å². The van der Waals surface area contributed by atoms with Gasteiger partial charge in [-0.1, -0.05) is 35.9 Å². The summed E-state index contributed by atoms with van der Waals surface area (Å²) in [4.78, 5) is 11.7. The Morgan fingerprint density at radius 1 is 1.15 bits per heavy atom. The highest BCUT2D eigenvalue weighted by molar-refractivity contribution is 7.89. The molecule has 0 saturated heterocycles. The average Bonchev–Trinajstić information content (AvgIpc) is 2.60. The molecule has 0 amide bonds. The van der Waals surface area contributed by atoms with Crippen LogP contribution in [0.4, 0.5) is 8.78 Å². The second kappa shape index (κ2) is 9.63. The summed E-state index contributed by atoms with van der Waals surface area (Å²) in [6, 6.07) is 11.6. The van der Waals surface area contributed by atoms with Crippen LogP contribution in [0.2, 0.25) is 5.02 Å². The molecule has 0 saturated carbocycles. The van der Waals surface area contributed by atoms with Crippen molar-refractivity contribution in [3.8, 4) is 5.75 Å². The predicted octanol–water partition coefficient (Wildman–Crippen LogP) is 3.35. The Kier molecular flexibility index (Phi) is 7.52. The van der Waals surface area contributed by atoms with Gasteiger partial charge in [-0.05, 0) is 24.3 Å². The van der Waals surface area contributed by atoms with Gasteiger partial charge in [0.1, 0.15) is 12.4 Å². The van der Waals surface area contributed by atoms with Crippen LogP contribution < -0.4 is 9.46 Å². The Morgan fingerprint density at radius 2 is 1.89 bits per heavy atom. The lowest BCUT2D eigenvalue weighted by Gasteiger charge is -2.11. The molecular formula is C17H16ClF2NO5S. The van der Waals surface area contributed by atoms with Gasteiger partial charge in [-0.2, -0.15) is 8.78 Å². The van der Waals surface area contributed by atoms with Crippen molar-refractivity contribution in [1.29, 1.82) is 0 Å². The number of carbonyl (C=O) groups excluding carboxylic acids is 1. The Morgan fingerprint density at radius 3 is 2.59 bits per heavy atom. The number of rotatable bonds is 9. The van der Waals surface area contributed by atoms with Crippen molar-refractivity contribution >= 4 is 27.6 Å². The summed E-state index contributed by atoms with van der Waals surface area (Å²) < 4.78 is 60.4. The molecule has 0 bridgehead atoms. The molecule has 0 heterocycles. The summed E-state index contributed by atoms with van der Waals surface area (Å²) in [6.45, 7) is -3.46. The number of benzene rings is 2. The first-order valence-electron chi connectivity index (χ1n) is 7.71. The Labute approximate surface area is 160 Å². The summed E-state index contributed by atoms with van der Waals surface area (Å²) in [7, 11) is -3.81. The van der Waals surface area contributed by atoms with Crippen LogP contribution in [0, 0.1) is 0 Å². The number of alkyl halides is 2. The van der Waals surface area contributed by atoms with Crippen molar-refractivity contribution in [2.45, 2.75) is 24.5 Å². The summed E-state index contributed by atoms with van der Waals surface area (Å²) >= 11 is 5.76. The number of nitrogens with one attached hydrogen (secondary N) is 1. The first-order chi connectivity index (χ1) is 12.8. The highest BCUT2D eigenvalue weighted by Gasteiger charge is 2.15. The van der Waals surface area contributed by atoms with E-state index in [-0.39, 0.29) is 40.8 Å². The monoisotopic (exact) mass is 419 g/mol. The van der Waals surface area contributed by atoms with Crippen LogP contribution in [-0.4, -0.2) is 27.5 Å². The molecule has 0 radical (unpaired) electrons. The topological polar surface area (TPSA) is 81.7 Å². The first kappa shape index (κ1) is 21.1. The zero-order chi connectivity index (χ0) is 19.9. The maximum Gasteiger partial charge on any atom is 0.387 e. The summed E-state index contributed by atoms with van der Waals surface area (Å²) in [5, 5.41) is 0.266. The number of halogens is 3. The fourth-order valence-corrected chi connectivity index (χ4v) is 3.40. The van der Waals surface area contributed by atoms with E-state index < -0.39 is 22.6 Å². The maximum absolute atomic E-state index is 12.3. The van der Waals surface area contributed by atoms with Gasteiger partial charge >= 0.3 is 12.6 Å². The quantitative estimate of drug-likeness (QED) is 0.630. The van der Waals surface area contributed by atoms with E-state index in [1.54, 1.807) is 6.07 Å². The van der Waals surface area contributed by atoms with E-state index >= 15 is 0 Å². The molecule has 2 rings (SSSR count). The van der Waals surface area contributed by atoms with Crippen LogP contribution in [0.15, 0.2) is 53.4 Å². The van der Waals surface area contributed by atoms with Gasteiger partial charge in [0.15, 0.2) is 0 Å². The summed E-state index contributed by atoms with van der Waals surface area (Å²) in [5.41, 5.74) is 0.269. The van der Waals surface area contributed by atoms with Gasteiger partial charge in [-0.25, -0.2) is 13.1 Å². The largest absolute Gasteiger partial charge is 0.461 e. The number of sulfonamides is 1. The molecule has 1 N–H and O–H groups in total. The van der Waals surface area contributed by atoms with E-state index in [4.69, 9.17) is 16.3 Å². The van der Waals surface area contributed by atoms with Gasteiger partial charge in [-0.15, -0.1) is 0 Å². The van der Waals surface area contributed by atoms with Crippen LogP contribution in [0.5, 0.6) is 5.75 Å². The normalized spacial score (nSPS) is 11.4. The number of hydrogen-bond donors (Lipinski definition) is 1. The van der Waals surface area contributed by atoms with Crippen molar-refractivity contribution in [3.05, 3.63) is 59.1 Å². The van der Waals surface area contributed by atoms with Gasteiger partial charge in [-0.3, -0.25) is 4.79 Å². The average molecular weight is 420 g/mol. The Hall–Kier alpha value is -2.23. The van der Waals surface area contributed by atoms with E-state index in [1.165, 1.54) is 42.5 Å². The third-order valence-corrected chi connectivity index (χ3v) is 5.00. The van der Waals surface area contributed by atoms with Gasteiger partial charge < -0.3 is 9.47 Å². The number of ether oxygens (including phenoxy) is 2. The van der Waals surface area contributed by atoms with Gasteiger partial charge in [0.2, 0.25) is 10.0 Å². The molecule has 0 aliphatic heterocycles. The highest BCUT2D eigenvalue weighted by atomic mass is 35.5. The maximum atomic E-state index is 12.3. The molecule has 0 fully saturated rings. The second-order valence-electron chi connectivity index (χ2n) is 5.25. The SMILES string of the molecule is O=C(CCNS(=O)(=O)c1cccc(Cl)c1)OCc1ccccc1OC(F)F. The van der Waals surface area contributed by atoms with E-state index in [1.807, 2.05) is 0 Å². The molecule has 0 spiro atoms. The molecule has 27 heavy (non-hydrogen) atoms. The lowest BCUT2D eigenvalue weighted by molar-refractivity contribution is -0.144.